The molecule has 0 saturated heterocycles. The zero-order valence-corrected chi connectivity index (χ0v) is 21.2. The predicted molar refractivity (Wildman–Crippen MR) is 138 cm³/mol. The highest BCUT2D eigenvalue weighted by atomic mass is 16.7. The highest BCUT2D eigenvalue weighted by Gasteiger charge is 2.41. The second-order valence-corrected chi connectivity index (χ2v) is 9.80. The van der Waals surface area contributed by atoms with Gasteiger partial charge in [0.25, 0.3) is 11.8 Å². The van der Waals surface area contributed by atoms with Gasteiger partial charge in [-0.3, -0.25) is 14.5 Å². The van der Waals surface area contributed by atoms with E-state index in [0.29, 0.717) is 40.2 Å². The first-order valence-electron chi connectivity index (χ1n) is 13.0. The molecule has 38 heavy (non-hydrogen) atoms. The molecule has 0 bridgehead atoms. The van der Waals surface area contributed by atoms with Crippen LogP contribution in [0.25, 0.3) is 0 Å². The highest BCUT2D eigenvalue weighted by molar-refractivity contribution is 6.03. The van der Waals surface area contributed by atoms with Crippen molar-refractivity contribution in [3.8, 4) is 23.0 Å². The summed E-state index contributed by atoms with van der Waals surface area (Å²) in [6.07, 6.45) is 4.12. The fourth-order valence-electron chi connectivity index (χ4n) is 5.24. The number of carbonyl (C=O) groups excluding carboxylic acids is 2. The lowest BCUT2D eigenvalue weighted by Gasteiger charge is -2.35. The van der Waals surface area contributed by atoms with Crippen molar-refractivity contribution in [2.45, 2.75) is 57.2 Å². The summed E-state index contributed by atoms with van der Waals surface area (Å²) in [6.45, 7) is 1.90. The first-order chi connectivity index (χ1) is 18.6. The lowest BCUT2D eigenvalue weighted by molar-refractivity contribution is -0.132. The van der Waals surface area contributed by atoms with Crippen LogP contribution in [0.5, 0.6) is 23.0 Å². The standard InChI is InChI=1S/C29H30N2O7/c1-18-11-13-24(37-18)27(28(32)30-19-7-3-2-4-8-19)31(20-12-14-22-25(15-20)36-17-35-22)29(33)26-16-34-21-9-5-6-10-23(21)38-26/h5-6,9-15,19,26-27H,2-4,7-8,16-17H2,1H3,(H,30,32)/t26-,27+/m0/s1. The van der Waals surface area contributed by atoms with Crippen LogP contribution in [0.1, 0.15) is 49.7 Å². The van der Waals surface area contributed by atoms with E-state index in [2.05, 4.69) is 5.32 Å². The predicted octanol–water partition coefficient (Wildman–Crippen LogP) is 4.68. The number of ether oxygens (including phenoxy) is 4. The largest absolute Gasteiger partial charge is 0.485 e. The Bertz CT molecular complexity index is 1330. The van der Waals surface area contributed by atoms with Gasteiger partial charge in [-0.15, -0.1) is 0 Å². The molecule has 1 aliphatic carbocycles. The summed E-state index contributed by atoms with van der Waals surface area (Å²) in [5, 5.41) is 3.18. The number of hydrogen-bond donors (Lipinski definition) is 1. The maximum atomic E-state index is 14.3. The fraction of sp³-hybridized carbons (Fsp3) is 0.379. The van der Waals surface area contributed by atoms with E-state index < -0.39 is 18.1 Å². The van der Waals surface area contributed by atoms with Crippen molar-refractivity contribution < 1.29 is 33.0 Å². The molecule has 3 aromatic rings. The first-order valence-corrected chi connectivity index (χ1v) is 13.0. The van der Waals surface area contributed by atoms with Crippen molar-refractivity contribution in [3.63, 3.8) is 0 Å². The summed E-state index contributed by atoms with van der Waals surface area (Å²) in [7, 11) is 0. The molecule has 1 aromatic heterocycles. The third-order valence-electron chi connectivity index (χ3n) is 7.14. The average Bonchev–Trinajstić information content (AvgIpc) is 3.59. The Balaban J connectivity index is 1.39. The van der Waals surface area contributed by atoms with Crippen molar-refractivity contribution >= 4 is 17.5 Å². The summed E-state index contributed by atoms with van der Waals surface area (Å²) in [5.74, 6) is 2.36. The van der Waals surface area contributed by atoms with Crippen LogP contribution < -0.4 is 29.2 Å². The zero-order valence-electron chi connectivity index (χ0n) is 21.2. The molecule has 3 aliphatic rings. The summed E-state index contributed by atoms with van der Waals surface area (Å²) in [4.78, 5) is 29.6. The molecule has 2 amide bonds. The van der Waals surface area contributed by atoms with Crippen molar-refractivity contribution in [1.29, 1.82) is 0 Å². The van der Waals surface area contributed by atoms with E-state index in [1.807, 2.05) is 12.1 Å². The summed E-state index contributed by atoms with van der Waals surface area (Å²) < 4.78 is 29.0. The SMILES string of the molecule is Cc1ccc([C@H](C(=O)NC2CCCCC2)N(C(=O)[C@@H]2COc3ccccc3O2)c2ccc3c(c2)OCO3)o1. The molecule has 2 aromatic carbocycles. The topological polar surface area (TPSA) is 99.5 Å². The lowest BCUT2D eigenvalue weighted by atomic mass is 9.95. The van der Waals surface area contributed by atoms with Crippen LogP contribution in [-0.4, -0.2) is 37.4 Å². The van der Waals surface area contributed by atoms with Gasteiger partial charge in [0.1, 0.15) is 18.1 Å². The van der Waals surface area contributed by atoms with Gasteiger partial charge in [-0.1, -0.05) is 31.4 Å². The zero-order chi connectivity index (χ0) is 26.1. The third kappa shape index (κ3) is 4.76. The number of fused-ring (bicyclic) bond motifs is 2. The number of hydrogen-bond acceptors (Lipinski definition) is 7. The number of amides is 2. The molecule has 0 unspecified atom stereocenters. The molecule has 198 valence electrons. The second-order valence-electron chi connectivity index (χ2n) is 9.80. The van der Waals surface area contributed by atoms with Crippen LogP contribution in [0, 0.1) is 6.92 Å². The molecule has 0 radical (unpaired) electrons. The van der Waals surface area contributed by atoms with Gasteiger partial charge in [0.05, 0.1) is 0 Å². The smallest absolute Gasteiger partial charge is 0.272 e. The average molecular weight is 519 g/mol. The molecule has 1 fully saturated rings. The number of benzene rings is 2. The Hall–Kier alpha value is -4.14. The molecule has 3 heterocycles. The Labute approximate surface area is 220 Å². The number of rotatable bonds is 6. The maximum Gasteiger partial charge on any atom is 0.272 e. The van der Waals surface area contributed by atoms with E-state index in [-0.39, 0.29) is 25.3 Å². The quantitative estimate of drug-likeness (QED) is 0.506. The molecular formula is C29H30N2O7. The van der Waals surface area contributed by atoms with Gasteiger partial charge in [-0.2, -0.15) is 0 Å². The van der Waals surface area contributed by atoms with Crippen molar-refractivity contribution in [1.82, 2.24) is 5.32 Å². The molecule has 0 spiro atoms. The summed E-state index contributed by atoms with van der Waals surface area (Å²) >= 11 is 0. The number of para-hydroxylation sites is 2. The molecular weight excluding hydrogens is 488 g/mol. The van der Waals surface area contributed by atoms with E-state index in [1.165, 1.54) is 4.90 Å². The van der Waals surface area contributed by atoms with E-state index >= 15 is 0 Å². The normalized spacial score (nSPS) is 19.0. The van der Waals surface area contributed by atoms with E-state index in [9.17, 15) is 9.59 Å². The number of anilines is 1. The van der Waals surface area contributed by atoms with E-state index in [0.717, 1.165) is 32.1 Å². The Morgan fingerprint density at radius 1 is 0.895 bits per heavy atom. The number of nitrogens with zero attached hydrogens (tertiary/aromatic N) is 1. The molecule has 1 saturated carbocycles. The minimum atomic E-state index is -1.07. The van der Waals surface area contributed by atoms with Crippen molar-refractivity contribution in [2.75, 3.05) is 18.3 Å². The number of carbonyl (C=O) groups is 2. The number of furan rings is 1. The molecule has 1 N–H and O–H groups in total. The van der Waals surface area contributed by atoms with Gasteiger partial charge in [0, 0.05) is 17.8 Å². The van der Waals surface area contributed by atoms with Crippen LogP contribution in [0.3, 0.4) is 0 Å². The highest BCUT2D eigenvalue weighted by Crippen LogP contribution is 2.40. The van der Waals surface area contributed by atoms with Crippen LogP contribution >= 0.6 is 0 Å². The Morgan fingerprint density at radius 3 is 2.45 bits per heavy atom. The first kappa shape index (κ1) is 24.2. The summed E-state index contributed by atoms with van der Waals surface area (Å²) in [5.41, 5.74) is 0.458. The van der Waals surface area contributed by atoms with Crippen LogP contribution in [-0.2, 0) is 9.59 Å². The van der Waals surface area contributed by atoms with Gasteiger partial charge >= 0.3 is 0 Å². The van der Waals surface area contributed by atoms with Crippen LogP contribution in [0.2, 0.25) is 0 Å². The van der Waals surface area contributed by atoms with Gasteiger partial charge < -0.3 is 28.7 Å². The fourth-order valence-corrected chi connectivity index (χ4v) is 5.24. The molecule has 2 atom stereocenters. The Kier molecular flexibility index (Phi) is 6.57. The monoisotopic (exact) mass is 518 g/mol. The van der Waals surface area contributed by atoms with Gasteiger partial charge in [0.15, 0.2) is 29.0 Å². The molecule has 6 rings (SSSR count). The molecule has 2 aliphatic heterocycles. The molecule has 9 nitrogen and oxygen atoms in total. The van der Waals surface area contributed by atoms with Gasteiger partial charge in [0.2, 0.25) is 12.9 Å². The van der Waals surface area contributed by atoms with Gasteiger partial charge in [-0.25, -0.2) is 0 Å². The van der Waals surface area contributed by atoms with Crippen LogP contribution in [0.15, 0.2) is 59.0 Å². The Morgan fingerprint density at radius 2 is 1.66 bits per heavy atom. The lowest BCUT2D eigenvalue weighted by Crippen LogP contribution is -2.52. The number of aryl methyl sites for hydroxylation is 1. The number of nitrogens with one attached hydrogen (secondary N) is 1. The van der Waals surface area contributed by atoms with E-state index in [4.69, 9.17) is 23.4 Å². The minimum Gasteiger partial charge on any atom is -0.485 e. The van der Waals surface area contributed by atoms with Crippen LogP contribution in [0.4, 0.5) is 5.69 Å². The maximum absolute atomic E-state index is 14.3. The third-order valence-corrected chi connectivity index (χ3v) is 7.14. The van der Waals surface area contributed by atoms with Gasteiger partial charge in [-0.05, 0) is 56.2 Å². The minimum absolute atomic E-state index is 0.00501. The van der Waals surface area contributed by atoms with Crippen molar-refractivity contribution in [3.05, 3.63) is 66.1 Å². The van der Waals surface area contributed by atoms with E-state index in [1.54, 1.807) is 49.4 Å². The summed E-state index contributed by atoms with van der Waals surface area (Å²) in [6, 6.07) is 14.9. The van der Waals surface area contributed by atoms with Crippen molar-refractivity contribution in [2.24, 2.45) is 0 Å². The molecule has 9 heteroatoms. The second kappa shape index (κ2) is 10.3.